The van der Waals surface area contributed by atoms with Crippen LogP contribution in [0, 0.1) is 6.92 Å². The van der Waals surface area contributed by atoms with Crippen molar-refractivity contribution in [3.8, 4) is 5.75 Å². The van der Waals surface area contributed by atoms with Crippen molar-refractivity contribution in [1.29, 1.82) is 0 Å². The van der Waals surface area contributed by atoms with Crippen LogP contribution in [0.4, 0.5) is 0 Å². The van der Waals surface area contributed by atoms with E-state index < -0.39 is 21.5 Å². The number of carbonyl (C=O) groups is 2. The summed E-state index contributed by atoms with van der Waals surface area (Å²) in [6.45, 7) is 2.40. The fourth-order valence-electron chi connectivity index (χ4n) is 4.26. The number of hydrogen-bond donors (Lipinski definition) is 1. The number of furan rings is 1. The van der Waals surface area contributed by atoms with Gasteiger partial charge in [0, 0.05) is 31.9 Å². The summed E-state index contributed by atoms with van der Waals surface area (Å²) in [5.41, 5.74) is 0.391. The maximum absolute atomic E-state index is 14.0. The molecule has 2 aromatic heterocycles. The molecule has 0 bridgehead atoms. The molecule has 12 heteroatoms. The fraction of sp³-hybridized carbons (Fsp3) is 0.423. The van der Waals surface area contributed by atoms with E-state index in [4.69, 9.17) is 9.15 Å². The molecule has 0 unspecified atom stereocenters. The molecule has 1 N–H and O–H groups in total. The van der Waals surface area contributed by atoms with Crippen molar-refractivity contribution in [1.82, 2.24) is 18.9 Å². The lowest BCUT2D eigenvalue weighted by atomic mass is 9.94. The van der Waals surface area contributed by atoms with Crippen molar-refractivity contribution in [3.63, 3.8) is 0 Å². The first-order valence-corrected chi connectivity index (χ1v) is 14.5. The molecule has 2 amide bonds. The lowest BCUT2D eigenvalue weighted by Crippen LogP contribution is -2.40. The van der Waals surface area contributed by atoms with Gasteiger partial charge < -0.3 is 14.1 Å². The summed E-state index contributed by atoms with van der Waals surface area (Å²) in [6.07, 6.45) is 4.50. The Bertz CT molecular complexity index is 1380. The Kier molecular flexibility index (Phi) is 8.24. The molecule has 3 aromatic rings. The molecule has 0 spiro atoms. The van der Waals surface area contributed by atoms with Gasteiger partial charge in [0.05, 0.1) is 25.3 Å². The van der Waals surface area contributed by atoms with E-state index in [1.54, 1.807) is 25.2 Å². The number of nitrogens with one attached hydrogen (secondary N) is 1. The van der Waals surface area contributed by atoms with Gasteiger partial charge in [-0.05, 0) is 56.0 Å². The van der Waals surface area contributed by atoms with E-state index in [0.717, 1.165) is 34.2 Å². The van der Waals surface area contributed by atoms with Crippen LogP contribution in [-0.2, 0) is 33.4 Å². The fourth-order valence-corrected chi connectivity index (χ4v) is 5.72. The molecule has 1 aliphatic rings. The van der Waals surface area contributed by atoms with Crippen LogP contribution in [0.3, 0.4) is 0 Å². The van der Waals surface area contributed by atoms with Gasteiger partial charge >= 0.3 is 10.2 Å². The molecule has 0 saturated heterocycles. The van der Waals surface area contributed by atoms with E-state index in [9.17, 15) is 18.0 Å². The summed E-state index contributed by atoms with van der Waals surface area (Å²) in [4.78, 5) is 33.4. The third-order valence-electron chi connectivity index (χ3n) is 6.60. The van der Waals surface area contributed by atoms with E-state index in [0.29, 0.717) is 29.3 Å². The number of amides is 2. The second kappa shape index (κ2) is 11.3. The molecule has 1 aromatic carbocycles. The minimum Gasteiger partial charge on any atom is -0.497 e. The van der Waals surface area contributed by atoms with Crippen molar-refractivity contribution in [2.75, 3.05) is 27.7 Å². The van der Waals surface area contributed by atoms with Crippen LogP contribution in [0.15, 0.2) is 47.1 Å². The molecule has 38 heavy (non-hydrogen) atoms. The van der Waals surface area contributed by atoms with Gasteiger partial charge in [-0.25, -0.2) is 9.71 Å². The topological polar surface area (TPSA) is 122 Å². The average Bonchev–Trinajstić information content (AvgIpc) is 3.36. The molecule has 2 heterocycles. The number of thiazole rings is 1. The summed E-state index contributed by atoms with van der Waals surface area (Å²) in [5.74, 6) is 0.787. The normalized spacial score (nSPS) is 14.3. The van der Waals surface area contributed by atoms with Crippen molar-refractivity contribution >= 4 is 33.4 Å². The van der Waals surface area contributed by atoms with Gasteiger partial charge in [0.1, 0.15) is 22.2 Å². The first kappa shape index (κ1) is 27.8. The number of rotatable bonds is 12. The lowest BCUT2D eigenvalue weighted by molar-refractivity contribution is -0.134. The molecule has 0 atom stereocenters. The predicted octanol–water partition coefficient (Wildman–Crippen LogP) is 3.28. The van der Waals surface area contributed by atoms with E-state index >= 15 is 0 Å². The molecule has 0 radical (unpaired) electrons. The summed E-state index contributed by atoms with van der Waals surface area (Å²) < 4.78 is 37.9. The Morgan fingerprint density at radius 1 is 1.18 bits per heavy atom. The van der Waals surface area contributed by atoms with Crippen molar-refractivity contribution in [2.24, 2.45) is 0 Å². The molecule has 10 nitrogen and oxygen atoms in total. The Morgan fingerprint density at radius 3 is 2.47 bits per heavy atom. The zero-order chi connectivity index (χ0) is 27.5. The number of nitrogens with zero attached hydrogens (tertiary/aromatic N) is 3. The second-order valence-corrected chi connectivity index (χ2v) is 12.6. The van der Waals surface area contributed by atoms with Crippen LogP contribution in [-0.4, -0.2) is 62.2 Å². The van der Waals surface area contributed by atoms with E-state index in [-0.39, 0.29) is 18.1 Å². The van der Waals surface area contributed by atoms with Gasteiger partial charge in [0.2, 0.25) is 5.91 Å². The number of aryl methyl sites for hydroxylation is 2. The first-order chi connectivity index (χ1) is 18.1. The summed E-state index contributed by atoms with van der Waals surface area (Å²) in [6, 6.07) is 11.3. The Labute approximate surface area is 226 Å². The molecule has 0 aliphatic heterocycles. The molecule has 1 aliphatic carbocycles. The van der Waals surface area contributed by atoms with E-state index in [1.165, 1.54) is 25.4 Å². The maximum atomic E-state index is 14.0. The highest BCUT2D eigenvalue weighted by molar-refractivity contribution is 7.87. The molecule has 204 valence electrons. The molecule has 1 fully saturated rings. The first-order valence-electron chi connectivity index (χ1n) is 12.2. The number of carbonyl (C=O) groups excluding carboxylic acids is 2. The highest BCUT2D eigenvalue weighted by Gasteiger charge is 2.53. The monoisotopic (exact) mass is 560 g/mol. The Hall–Kier alpha value is -3.22. The van der Waals surface area contributed by atoms with Gasteiger partial charge in [0.25, 0.3) is 5.91 Å². The third kappa shape index (κ3) is 6.08. The van der Waals surface area contributed by atoms with E-state index in [1.807, 2.05) is 41.1 Å². The van der Waals surface area contributed by atoms with Crippen LogP contribution in [0.5, 0.6) is 5.75 Å². The van der Waals surface area contributed by atoms with Crippen molar-refractivity contribution in [3.05, 3.63) is 69.6 Å². The van der Waals surface area contributed by atoms with Gasteiger partial charge in [-0.2, -0.15) is 12.7 Å². The quantitative estimate of drug-likeness (QED) is 0.361. The van der Waals surface area contributed by atoms with Gasteiger partial charge in [-0.1, -0.05) is 12.1 Å². The Balaban J connectivity index is 1.55. The average molecular weight is 561 g/mol. The molecular weight excluding hydrogens is 528 g/mol. The highest BCUT2D eigenvalue weighted by atomic mass is 32.2. The number of ether oxygens (including phenoxy) is 1. The number of hydrogen-bond acceptors (Lipinski definition) is 8. The van der Waals surface area contributed by atoms with Crippen molar-refractivity contribution in [2.45, 2.75) is 44.6 Å². The van der Waals surface area contributed by atoms with Crippen molar-refractivity contribution < 1.29 is 27.2 Å². The van der Waals surface area contributed by atoms with Crippen LogP contribution in [0.1, 0.15) is 51.0 Å². The third-order valence-corrected chi connectivity index (χ3v) is 8.97. The van der Waals surface area contributed by atoms with E-state index in [2.05, 4.69) is 4.98 Å². The van der Waals surface area contributed by atoms with Gasteiger partial charge in [-0.3, -0.25) is 9.59 Å². The predicted molar refractivity (Wildman–Crippen MR) is 143 cm³/mol. The smallest absolute Gasteiger partial charge is 0.303 e. The van der Waals surface area contributed by atoms with Crippen LogP contribution in [0.25, 0.3) is 0 Å². The summed E-state index contributed by atoms with van der Waals surface area (Å²) in [7, 11) is 0.314. The van der Waals surface area contributed by atoms with Crippen LogP contribution < -0.4 is 9.46 Å². The largest absolute Gasteiger partial charge is 0.497 e. The molecule has 1 saturated carbocycles. The second-order valence-electron chi connectivity index (χ2n) is 9.45. The number of methoxy groups -OCH3 is 1. The Morgan fingerprint density at radius 2 is 1.89 bits per heavy atom. The van der Waals surface area contributed by atoms with Gasteiger partial charge in [-0.15, -0.1) is 11.3 Å². The minimum absolute atomic E-state index is 0.0103. The SMILES string of the molecule is COc1ccc(C2(C(=O)N(CCCc3ccco3)Cc3nc(C(=O)NS(=O)(=O)N(C)C)c(C)s3)CC2)cc1. The zero-order valence-electron chi connectivity index (χ0n) is 21.9. The van der Waals surface area contributed by atoms with Crippen LogP contribution >= 0.6 is 11.3 Å². The van der Waals surface area contributed by atoms with Crippen LogP contribution in [0.2, 0.25) is 0 Å². The number of benzene rings is 1. The summed E-state index contributed by atoms with van der Waals surface area (Å²) >= 11 is 1.28. The summed E-state index contributed by atoms with van der Waals surface area (Å²) in [5, 5.41) is 0.562. The maximum Gasteiger partial charge on any atom is 0.303 e. The molecule has 4 rings (SSSR count). The lowest BCUT2D eigenvalue weighted by Gasteiger charge is -2.27. The number of aromatic nitrogens is 1. The molecular formula is C26H32N4O6S2. The van der Waals surface area contributed by atoms with Gasteiger partial charge in [0.15, 0.2) is 0 Å². The standard InChI is InChI=1S/C26H32N4O6S2/c1-18-23(24(31)28-38(33,34)29(2)3)27-22(37-18)17-30(15-5-7-21-8-6-16-36-21)25(32)26(13-14-26)19-9-11-20(35-4)12-10-19/h6,8-12,16H,5,7,13-15,17H2,1-4H3,(H,28,31). The zero-order valence-corrected chi connectivity index (χ0v) is 23.5. The highest BCUT2D eigenvalue weighted by Crippen LogP contribution is 2.50. The minimum atomic E-state index is -3.95.